The van der Waals surface area contributed by atoms with Gasteiger partial charge in [-0.2, -0.15) is 0 Å². The van der Waals surface area contributed by atoms with Crippen LogP contribution < -0.4 is 5.73 Å². The summed E-state index contributed by atoms with van der Waals surface area (Å²) in [6.45, 7) is 2.07. The van der Waals surface area contributed by atoms with Crippen molar-refractivity contribution in [1.82, 2.24) is 0 Å². The van der Waals surface area contributed by atoms with Crippen LogP contribution in [0.15, 0.2) is 15.9 Å². The molecule has 14 heavy (non-hydrogen) atoms. The van der Waals surface area contributed by atoms with Crippen LogP contribution in [0.25, 0.3) is 0 Å². The molecule has 1 heterocycles. The molecule has 80 valence electrons. The molecular formula is C10H16BrNOS. The van der Waals surface area contributed by atoms with Crippen molar-refractivity contribution < 1.29 is 4.74 Å². The standard InChI is InChI=1S/C10H16BrNOS/c1-7(13-2)3-4-9(12)10-8(11)5-6-14-10/h5-7,9H,3-4,12H2,1-2H3. The summed E-state index contributed by atoms with van der Waals surface area (Å²) in [4.78, 5) is 1.23. The number of methoxy groups -OCH3 is 1. The number of nitrogens with two attached hydrogens (primary N) is 1. The molecule has 2 unspecified atom stereocenters. The van der Waals surface area contributed by atoms with Crippen molar-refractivity contribution in [1.29, 1.82) is 0 Å². The van der Waals surface area contributed by atoms with Gasteiger partial charge in [-0.1, -0.05) is 0 Å². The third kappa shape index (κ3) is 3.35. The van der Waals surface area contributed by atoms with Gasteiger partial charge >= 0.3 is 0 Å². The first-order chi connectivity index (χ1) is 6.65. The van der Waals surface area contributed by atoms with Gasteiger partial charge in [0.15, 0.2) is 0 Å². The largest absolute Gasteiger partial charge is 0.382 e. The van der Waals surface area contributed by atoms with Crippen molar-refractivity contribution >= 4 is 27.3 Å². The lowest BCUT2D eigenvalue weighted by molar-refractivity contribution is 0.107. The Hall–Kier alpha value is 0.100. The predicted molar refractivity (Wildman–Crippen MR) is 64.7 cm³/mol. The van der Waals surface area contributed by atoms with Gasteiger partial charge in [0.1, 0.15) is 0 Å². The summed E-state index contributed by atoms with van der Waals surface area (Å²) >= 11 is 5.19. The van der Waals surface area contributed by atoms with Gasteiger partial charge < -0.3 is 10.5 Å². The molecule has 2 nitrogen and oxygen atoms in total. The zero-order valence-electron chi connectivity index (χ0n) is 8.50. The second-order valence-electron chi connectivity index (χ2n) is 3.36. The third-order valence-corrected chi connectivity index (χ3v) is 4.27. The number of ether oxygens (including phenoxy) is 1. The Morgan fingerprint density at radius 2 is 2.29 bits per heavy atom. The van der Waals surface area contributed by atoms with E-state index in [2.05, 4.69) is 28.2 Å². The topological polar surface area (TPSA) is 35.2 Å². The number of thiophene rings is 1. The van der Waals surface area contributed by atoms with Crippen LogP contribution in [-0.2, 0) is 4.74 Å². The molecule has 0 radical (unpaired) electrons. The minimum Gasteiger partial charge on any atom is -0.382 e. The molecule has 0 spiro atoms. The minimum absolute atomic E-state index is 0.127. The number of hydrogen-bond acceptors (Lipinski definition) is 3. The van der Waals surface area contributed by atoms with Crippen molar-refractivity contribution in [3.63, 3.8) is 0 Å². The molecule has 1 aromatic rings. The van der Waals surface area contributed by atoms with Gasteiger partial charge in [0.25, 0.3) is 0 Å². The Morgan fingerprint density at radius 1 is 1.57 bits per heavy atom. The molecule has 0 aliphatic heterocycles. The molecule has 0 amide bonds. The van der Waals surface area contributed by atoms with Crippen LogP contribution in [0.1, 0.15) is 30.7 Å². The molecule has 1 rings (SSSR count). The zero-order chi connectivity index (χ0) is 10.6. The summed E-state index contributed by atoms with van der Waals surface area (Å²) < 4.78 is 6.31. The maximum atomic E-state index is 6.07. The Kier molecular flexibility index (Phi) is 5.09. The summed E-state index contributed by atoms with van der Waals surface area (Å²) in [5, 5.41) is 2.05. The molecule has 1 aromatic heterocycles. The van der Waals surface area contributed by atoms with E-state index in [1.165, 1.54) is 4.88 Å². The van der Waals surface area contributed by atoms with E-state index in [-0.39, 0.29) is 6.04 Å². The first-order valence-corrected chi connectivity index (χ1v) is 6.33. The van der Waals surface area contributed by atoms with Crippen LogP contribution in [-0.4, -0.2) is 13.2 Å². The van der Waals surface area contributed by atoms with Gasteiger partial charge in [0, 0.05) is 22.5 Å². The highest BCUT2D eigenvalue weighted by molar-refractivity contribution is 9.10. The fourth-order valence-corrected chi connectivity index (χ4v) is 2.94. The second-order valence-corrected chi connectivity index (χ2v) is 5.16. The number of halogens is 1. The Morgan fingerprint density at radius 3 is 2.79 bits per heavy atom. The molecular weight excluding hydrogens is 262 g/mol. The Labute approximate surface area is 97.6 Å². The molecule has 0 aromatic carbocycles. The smallest absolute Gasteiger partial charge is 0.0543 e. The second kappa shape index (κ2) is 5.85. The van der Waals surface area contributed by atoms with Gasteiger partial charge in [-0.15, -0.1) is 11.3 Å². The Balaban J connectivity index is 2.43. The van der Waals surface area contributed by atoms with E-state index in [1.54, 1.807) is 18.4 Å². The summed E-state index contributed by atoms with van der Waals surface area (Å²) in [6.07, 6.45) is 2.26. The fourth-order valence-electron chi connectivity index (χ4n) is 1.23. The van der Waals surface area contributed by atoms with E-state index < -0.39 is 0 Å². The molecule has 0 bridgehead atoms. The molecule has 2 atom stereocenters. The van der Waals surface area contributed by atoms with Gasteiger partial charge in [-0.05, 0) is 47.1 Å². The predicted octanol–water partition coefficient (Wildman–Crippen LogP) is 3.33. The van der Waals surface area contributed by atoms with Crippen LogP contribution >= 0.6 is 27.3 Å². The van der Waals surface area contributed by atoms with Crippen LogP contribution in [0.4, 0.5) is 0 Å². The highest BCUT2D eigenvalue weighted by Gasteiger charge is 2.12. The molecule has 0 fully saturated rings. The lowest BCUT2D eigenvalue weighted by Gasteiger charge is -2.13. The fraction of sp³-hybridized carbons (Fsp3) is 0.600. The summed E-state index contributed by atoms with van der Waals surface area (Å²) in [5.74, 6) is 0. The molecule has 4 heteroatoms. The van der Waals surface area contributed by atoms with E-state index in [0.29, 0.717) is 6.10 Å². The molecule has 0 aliphatic carbocycles. The maximum absolute atomic E-state index is 6.07. The van der Waals surface area contributed by atoms with Crippen LogP contribution in [0.2, 0.25) is 0 Å². The highest BCUT2D eigenvalue weighted by Crippen LogP contribution is 2.30. The van der Waals surface area contributed by atoms with E-state index in [1.807, 2.05) is 6.07 Å². The monoisotopic (exact) mass is 277 g/mol. The minimum atomic E-state index is 0.127. The quantitative estimate of drug-likeness (QED) is 0.896. The third-order valence-electron chi connectivity index (χ3n) is 2.27. The first-order valence-electron chi connectivity index (χ1n) is 4.66. The van der Waals surface area contributed by atoms with E-state index >= 15 is 0 Å². The normalized spacial score (nSPS) is 15.4. The van der Waals surface area contributed by atoms with Crippen molar-refractivity contribution in [3.05, 3.63) is 20.8 Å². The first kappa shape index (κ1) is 12.2. The van der Waals surface area contributed by atoms with Crippen LogP contribution in [0, 0.1) is 0 Å². The zero-order valence-corrected chi connectivity index (χ0v) is 10.9. The van der Waals surface area contributed by atoms with Crippen LogP contribution in [0.3, 0.4) is 0 Å². The van der Waals surface area contributed by atoms with Crippen molar-refractivity contribution in [3.8, 4) is 0 Å². The Bertz CT molecular complexity index is 277. The SMILES string of the molecule is COC(C)CCC(N)c1sccc1Br. The molecule has 2 N–H and O–H groups in total. The number of rotatable bonds is 5. The van der Waals surface area contributed by atoms with Crippen molar-refractivity contribution in [2.45, 2.75) is 31.9 Å². The lowest BCUT2D eigenvalue weighted by Crippen LogP contribution is -2.13. The average Bonchev–Trinajstić information content (AvgIpc) is 2.60. The van der Waals surface area contributed by atoms with Gasteiger partial charge in [0.2, 0.25) is 0 Å². The van der Waals surface area contributed by atoms with Gasteiger partial charge in [-0.25, -0.2) is 0 Å². The molecule has 0 aliphatic rings. The van der Waals surface area contributed by atoms with E-state index in [4.69, 9.17) is 10.5 Å². The van der Waals surface area contributed by atoms with E-state index in [9.17, 15) is 0 Å². The molecule has 0 saturated heterocycles. The van der Waals surface area contributed by atoms with Gasteiger partial charge in [0.05, 0.1) is 6.10 Å². The summed E-state index contributed by atoms with van der Waals surface area (Å²) in [7, 11) is 1.73. The van der Waals surface area contributed by atoms with Crippen LogP contribution in [0.5, 0.6) is 0 Å². The van der Waals surface area contributed by atoms with Crippen molar-refractivity contribution in [2.75, 3.05) is 7.11 Å². The maximum Gasteiger partial charge on any atom is 0.0543 e. The number of hydrogen-bond donors (Lipinski definition) is 1. The average molecular weight is 278 g/mol. The van der Waals surface area contributed by atoms with E-state index in [0.717, 1.165) is 17.3 Å². The summed E-state index contributed by atoms with van der Waals surface area (Å²) in [6, 6.07) is 2.17. The lowest BCUT2D eigenvalue weighted by atomic mass is 10.1. The van der Waals surface area contributed by atoms with Gasteiger partial charge in [-0.3, -0.25) is 0 Å². The summed E-state index contributed by atoms with van der Waals surface area (Å²) in [5.41, 5.74) is 6.07. The molecule has 0 saturated carbocycles. The highest BCUT2D eigenvalue weighted by atomic mass is 79.9. The van der Waals surface area contributed by atoms with Crippen molar-refractivity contribution in [2.24, 2.45) is 5.73 Å².